The monoisotopic (exact) mass is 300 g/mol. The molecule has 106 valence electrons. The van der Waals surface area contributed by atoms with Crippen LogP contribution in [0.5, 0.6) is 0 Å². The Balaban J connectivity index is 1.84. The average Bonchev–Trinajstić information content (AvgIpc) is 3.01. The fourth-order valence-corrected chi connectivity index (χ4v) is 2.15. The van der Waals surface area contributed by atoms with Crippen LogP contribution in [-0.4, -0.2) is 19.9 Å². The molecule has 0 saturated heterocycles. The van der Waals surface area contributed by atoms with Crippen molar-refractivity contribution in [2.24, 2.45) is 0 Å². The van der Waals surface area contributed by atoms with Crippen molar-refractivity contribution >= 4 is 23.1 Å². The van der Waals surface area contributed by atoms with E-state index in [4.69, 9.17) is 17.3 Å². The van der Waals surface area contributed by atoms with Crippen LogP contribution >= 0.6 is 11.6 Å². The number of H-pyrrole nitrogens is 1. The Morgan fingerprint density at radius 2 is 2.10 bits per heavy atom. The number of rotatable bonds is 4. The summed E-state index contributed by atoms with van der Waals surface area (Å²) in [6.07, 6.45) is 8.51. The Bertz CT molecular complexity index is 741. The van der Waals surface area contributed by atoms with Gasteiger partial charge in [0.15, 0.2) is 0 Å². The predicted octanol–water partition coefficient (Wildman–Crippen LogP) is 2.71. The number of hydrogen-bond donors (Lipinski definition) is 3. The highest BCUT2D eigenvalue weighted by Gasteiger charge is 2.06. The van der Waals surface area contributed by atoms with E-state index in [-0.39, 0.29) is 0 Å². The molecule has 21 heavy (non-hydrogen) atoms. The van der Waals surface area contributed by atoms with Gasteiger partial charge in [0, 0.05) is 42.1 Å². The molecule has 3 rings (SSSR count). The van der Waals surface area contributed by atoms with Crippen LogP contribution in [0.3, 0.4) is 0 Å². The number of halogens is 1. The molecular weight excluding hydrogens is 288 g/mol. The molecule has 0 radical (unpaired) electrons. The van der Waals surface area contributed by atoms with E-state index < -0.39 is 0 Å². The fraction of sp³-hybridized carbons (Fsp3) is 0.0714. The Kier molecular flexibility index (Phi) is 3.70. The molecule has 0 aliphatic heterocycles. The van der Waals surface area contributed by atoms with Gasteiger partial charge in [-0.15, -0.1) is 0 Å². The first-order valence-corrected chi connectivity index (χ1v) is 6.69. The third-order valence-corrected chi connectivity index (χ3v) is 3.24. The standard InChI is InChI=1S/C14H13ClN6/c15-12-7-21-13(16)4-11(12)9-3-10(6-17-5-9)20-8-14-18-1-2-19-14/h1-7,20H,8H2,(H2,16,21)(H,18,19). The van der Waals surface area contributed by atoms with Crippen LogP contribution < -0.4 is 11.1 Å². The van der Waals surface area contributed by atoms with Crippen LogP contribution in [0.15, 0.2) is 43.1 Å². The van der Waals surface area contributed by atoms with Crippen LogP contribution in [0.1, 0.15) is 5.82 Å². The van der Waals surface area contributed by atoms with Gasteiger partial charge in [-0.05, 0) is 12.1 Å². The number of nitrogens with one attached hydrogen (secondary N) is 2. The lowest BCUT2D eigenvalue weighted by atomic mass is 10.1. The minimum absolute atomic E-state index is 0.420. The molecule has 0 aliphatic rings. The number of nitrogens with two attached hydrogens (primary N) is 1. The summed E-state index contributed by atoms with van der Waals surface area (Å²) in [7, 11) is 0. The quantitative estimate of drug-likeness (QED) is 0.689. The van der Waals surface area contributed by atoms with Gasteiger partial charge in [-0.25, -0.2) is 9.97 Å². The number of aromatic amines is 1. The summed E-state index contributed by atoms with van der Waals surface area (Å²) in [6.45, 7) is 0.588. The van der Waals surface area contributed by atoms with Crippen LogP contribution in [0.25, 0.3) is 11.1 Å². The number of anilines is 2. The molecular formula is C14H13ClN6. The van der Waals surface area contributed by atoms with Gasteiger partial charge in [-0.2, -0.15) is 0 Å². The van der Waals surface area contributed by atoms with E-state index in [2.05, 4.69) is 25.3 Å². The van der Waals surface area contributed by atoms with E-state index in [1.807, 2.05) is 6.07 Å². The van der Waals surface area contributed by atoms with Gasteiger partial charge in [-0.3, -0.25) is 4.98 Å². The highest BCUT2D eigenvalue weighted by atomic mass is 35.5. The molecule has 0 atom stereocenters. The van der Waals surface area contributed by atoms with Crippen LogP contribution in [0.2, 0.25) is 5.02 Å². The summed E-state index contributed by atoms with van der Waals surface area (Å²) in [6, 6.07) is 3.69. The lowest BCUT2D eigenvalue weighted by Crippen LogP contribution is -2.01. The average molecular weight is 301 g/mol. The zero-order valence-corrected chi connectivity index (χ0v) is 11.8. The SMILES string of the molecule is Nc1cc(-c2cncc(NCc3ncc[nH]3)c2)c(Cl)cn1. The number of aromatic nitrogens is 4. The molecule has 3 aromatic heterocycles. The molecule has 0 saturated carbocycles. The Hall–Kier alpha value is -2.60. The molecule has 0 amide bonds. The maximum absolute atomic E-state index is 6.16. The van der Waals surface area contributed by atoms with Crippen molar-refractivity contribution in [1.29, 1.82) is 0 Å². The van der Waals surface area contributed by atoms with Crippen molar-refractivity contribution in [3.05, 3.63) is 54.0 Å². The molecule has 0 aliphatic carbocycles. The molecule has 4 N–H and O–H groups in total. The molecule has 3 heterocycles. The number of imidazole rings is 1. The van der Waals surface area contributed by atoms with Crippen molar-refractivity contribution in [2.75, 3.05) is 11.1 Å². The van der Waals surface area contributed by atoms with Gasteiger partial charge >= 0.3 is 0 Å². The molecule has 0 aromatic carbocycles. The maximum Gasteiger partial charge on any atom is 0.125 e. The molecule has 0 unspecified atom stereocenters. The zero-order valence-electron chi connectivity index (χ0n) is 11.0. The molecule has 0 spiro atoms. The van der Waals surface area contributed by atoms with E-state index in [1.165, 1.54) is 6.20 Å². The van der Waals surface area contributed by atoms with Crippen LogP contribution in [0.4, 0.5) is 11.5 Å². The molecule has 0 fully saturated rings. The van der Waals surface area contributed by atoms with E-state index in [9.17, 15) is 0 Å². The van der Waals surface area contributed by atoms with E-state index in [1.54, 1.807) is 30.9 Å². The first-order valence-electron chi connectivity index (χ1n) is 6.31. The third kappa shape index (κ3) is 3.11. The smallest absolute Gasteiger partial charge is 0.125 e. The second-order valence-electron chi connectivity index (χ2n) is 4.44. The van der Waals surface area contributed by atoms with E-state index >= 15 is 0 Å². The van der Waals surface area contributed by atoms with Crippen LogP contribution in [-0.2, 0) is 6.54 Å². The Morgan fingerprint density at radius 3 is 2.90 bits per heavy atom. The summed E-state index contributed by atoms with van der Waals surface area (Å²) >= 11 is 6.16. The Labute approximate surface area is 126 Å². The summed E-state index contributed by atoms with van der Waals surface area (Å²) in [5, 5.41) is 3.78. The van der Waals surface area contributed by atoms with Crippen molar-refractivity contribution in [3.63, 3.8) is 0 Å². The summed E-state index contributed by atoms with van der Waals surface area (Å²) in [5.41, 5.74) is 8.26. The summed E-state index contributed by atoms with van der Waals surface area (Å²) in [5.74, 6) is 1.27. The molecule has 6 nitrogen and oxygen atoms in total. The van der Waals surface area contributed by atoms with E-state index in [0.29, 0.717) is 17.4 Å². The molecule has 3 aromatic rings. The fourth-order valence-electron chi connectivity index (χ4n) is 1.94. The topological polar surface area (TPSA) is 92.5 Å². The predicted molar refractivity (Wildman–Crippen MR) is 82.8 cm³/mol. The van der Waals surface area contributed by atoms with Crippen molar-refractivity contribution in [2.45, 2.75) is 6.54 Å². The first-order chi connectivity index (χ1) is 10.2. The van der Waals surface area contributed by atoms with Gasteiger partial charge in [0.25, 0.3) is 0 Å². The number of nitrogen functional groups attached to an aromatic ring is 1. The molecule has 7 heteroatoms. The number of hydrogen-bond acceptors (Lipinski definition) is 5. The number of pyridine rings is 2. The van der Waals surface area contributed by atoms with Gasteiger partial charge in [0.05, 0.1) is 17.3 Å². The normalized spacial score (nSPS) is 10.5. The van der Waals surface area contributed by atoms with Crippen molar-refractivity contribution in [3.8, 4) is 11.1 Å². The largest absolute Gasteiger partial charge is 0.384 e. The van der Waals surface area contributed by atoms with Crippen molar-refractivity contribution in [1.82, 2.24) is 19.9 Å². The van der Waals surface area contributed by atoms with Gasteiger partial charge in [0.1, 0.15) is 11.6 Å². The van der Waals surface area contributed by atoms with Gasteiger partial charge in [-0.1, -0.05) is 11.6 Å². The summed E-state index contributed by atoms with van der Waals surface area (Å²) in [4.78, 5) is 15.4. The summed E-state index contributed by atoms with van der Waals surface area (Å²) < 4.78 is 0. The van der Waals surface area contributed by atoms with Gasteiger partial charge < -0.3 is 16.0 Å². The van der Waals surface area contributed by atoms with E-state index in [0.717, 1.165) is 22.6 Å². The minimum Gasteiger partial charge on any atom is -0.384 e. The first kappa shape index (κ1) is 13.4. The van der Waals surface area contributed by atoms with Crippen LogP contribution in [0, 0.1) is 0 Å². The lowest BCUT2D eigenvalue weighted by Gasteiger charge is -2.08. The highest BCUT2D eigenvalue weighted by Crippen LogP contribution is 2.29. The molecule has 0 bridgehead atoms. The second-order valence-corrected chi connectivity index (χ2v) is 4.85. The highest BCUT2D eigenvalue weighted by molar-refractivity contribution is 6.33. The van der Waals surface area contributed by atoms with Crippen molar-refractivity contribution < 1.29 is 0 Å². The second kappa shape index (κ2) is 5.80. The zero-order chi connectivity index (χ0) is 14.7. The minimum atomic E-state index is 0.420. The number of nitrogens with zero attached hydrogens (tertiary/aromatic N) is 3. The Morgan fingerprint density at radius 1 is 1.19 bits per heavy atom. The third-order valence-electron chi connectivity index (χ3n) is 2.94. The lowest BCUT2D eigenvalue weighted by molar-refractivity contribution is 0.998. The maximum atomic E-state index is 6.16. The van der Waals surface area contributed by atoms with Gasteiger partial charge in [0.2, 0.25) is 0 Å².